The molecule has 2 aromatic rings. The topological polar surface area (TPSA) is 78.9 Å². The molecule has 0 saturated carbocycles. The maximum atomic E-state index is 14.8. The molecule has 2 amide bonds. The Morgan fingerprint density at radius 2 is 2.00 bits per heavy atom. The Bertz CT molecular complexity index is 1050. The van der Waals surface area contributed by atoms with Gasteiger partial charge in [-0.3, -0.25) is 9.69 Å². The van der Waals surface area contributed by atoms with E-state index in [1.165, 1.54) is 6.07 Å². The Morgan fingerprint density at radius 3 is 2.71 bits per heavy atom. The summed E-state index contributed by atoms with van der Waals surface area (Å²) in [5, 5.41) is 12.4. The summed E-state index contributed by atoms with van der Waals surface area (Å²) in [7, 11) is 1.61. The summed E-state index contributed by atoms with van der Waals surface area (Å²) in [5.41, 5.74) is 4.25. The lowest BCUT2D eigenvalue weighted by Gasteiger charge is -2.34. The first-order valence-electron chi connectivity index (χ1n) is 10.5. The smallest absolute Gasteiger partial charge is 0.408 e. The number of methoxy groups -OCH3 is 1. The van der Waals surface area contributed by atoms with Crippen LogP contribution in [0.25, 0.3) is 0 Å². The first-order valence-corrected chi connectivity index (χ1v) is 10.5. The molecule has 1 heterocycles. The molecule has 0 aromatic heterocycles. The summed E-state index contributed by atoms with van der Waals surface area (Å²) in [6.45, 7) is 4.69. The van der Waals surface area contributed by atoms with Crippen molar-refractivity contribution in [3.63, 3.8) is 0 Å². The minimum atomic E-state index is -1.16. The van der Waals surface area contributed by atoms with Gasteiger partial charge in [0.1, 0.15) is 11.9 Å². The van der Waals surface area contributed by atoms with E-state index in [0.717, 1.165) is 34.4 Å². The average molecular weight is 426 g/mol. The minimum absolute atomic E-state index is 0.212. The van der Waals surface area contributed by atoms with Gasteiger partial charge >= 0.3 is 6.09 Å². The Balaban J connectivity index is 1.66. The van der Waals surface area contributed by atoms with Crippen LogP contribution in [0.2, 0.25) is 0 Å². The van der Waals surface area contributed by atoms with Gasteiger partial charge in [0, 0.05) is 19.3 Å². The fraction of sp³-hybridized carbons (Fsp3) is 0.417. The van der Waals surface area contributed by atoms with E-state index in [2.05, 4.69) is 5.32 Å². The molecule has 1 aliphatic carbocycles. The molecule has 164 valence electrons. The Kier molecular flexibility index (Phi) is 5.47. The van der Waals surface area contributed by atoms with Gasteiger partial charge in [-0.15, -0.1) is 0 Å². The normalized spacial score (nSPS) is 19.0. The largest absolute Gasteiger partial charge is 0.465 e. The zero-order valence-electron chi connectivity index (χ0n) is 18.0. The molecule has 0 fully saturated rings. The lowest BCUT2D eigenvalue weighted by Crippen LogP contribution is -2.44. The Labute approximate surface area is 181 Å². The maximum absolute atomic E-state index is 14.8. The monoisotopic (exact) mass is 426 g/mol. The number of hydrogen-bond acceptors (Lipinski definition) is 3. The second-order valence-electron chi connectivity index (χ2n) is 8.96. The van der Waals surface area contributed by atoms with E-state index in [9.17, 15) is 19.1 Å². The number of aryl methyl sites for hydroxylation is 1. The molecule has 0 radical (unpaired) electrons. The van der Waals surface area contributed by atoms with Crippen LogP contribution in [0.15, 0.2) is 30.3 Å². The summed E-state index contributed by atoms with van der Waals surface area (Å²) in [6.07, 6.45) is 0.960. The number of carboxylic acid groups (broad SMARTS) is 1. The van der Waals surface area contributed by atoms with Gasteiger partial charge in [-0.2, -0.15) is 0 Å². The predicted octanol–water partition coefficient (Wildman–Crippen LogP) is 4.41. The third-order valence-corrected chi connectivity index (χ3v) is 6.38. The molecule has 0 unspecified atom stereocenters. The van der Waals surface area contributed by atoms with Crippen molar-refractivity contribution in [2.24, 2.45) is 0 Å². The van der Waals surface area contributed by atoms with Crippen LogP contribution in [-0.2, 0) is 34.4 Å². The number of nitrogens with one attached hydrogen (secondary N) is 1. The molecule has 2 N–H and O–H groups in total. The average Bonchev–Trinajstić information content (AvgIpc) is 3.01. The fourth-order valence-corrected chi connectivity index (χ4v) is 4.90. The van der Waals surface area contributed by atoms with E-state index in [1.54, 1.807) is 13.2 Å². The molecule has 4 rings (SSSR count). The van der Waals surface area contributed by atoms with Crippen LogP contribution < -0.4 is 5.32 Å². The van der Waals surface area contributed by atoms with Crippen LogP contribution in [-0.4, -0.2) is 35.7 Å². The van der Waals surface area contributed by atoms with E-state index < -0.39 is 18.0 Å². The third-order valence-electron chi connectivity index (χ3n) is 6.38. The van der Waals surface area contributed by atoms with E-state index in [0.29, 0.717) is 29.8 Å². The van der Waals surface area contributed by atoms with Gasteiger partial charge in [0.15, 0.2) is 0 Å². The zero-order valence-corrected chi connectivity index (χ0v) is 18.0. The highest BCUT2D eigenvalue weighted by Gasteiger charge is 2.37. The van der Waals surface area contributed by atoms with Crippen LogP contribution >= 0.6 is 0 Å². The number of carbonyl (C=O) groups is 2. The van der Waals surface area contributed by atoms with Crippen LogP contribution in [0.4, 0.5) is 14.9 Å². The standard InChI is InChI=1S/C24H27FN2O4/c1-24(2)8-6-16-11-17(12-19(25)20(16)24)26-22(28)21-18-5-4-14(13-31-3)10-15(18)7-9-27(21)23(29)30/h4-5,10-12,21H,6-9,13H2,1-3H3,(H,26,28)(H,29,30)/t21-/m0/s1. The second kappa shape index (κ2) is 7.96. The SMILES string of the molecule is COCc1ccc2c(c1)CCN(C(=O)O)[C@@H]2C(=O)Nc1cc(F)c2c(c1)CCC2(C)C. The lowest BCUT2D eigenvalue weighted by atomic mass is 9.86. The van der Waals surface area contributed by atoms with Crippen molar-refractivity contribution in [3.05, 3.63) is 64.0 Å². The van der Waals surface area contributed by atoms with Crippen molar-refractivity contribution < 1.29 is 23.8 Å². The second-order valence-corrected chi connectivity index (χ2v) is 8.96. The molecule has 1 atom stereocenters. The van der Waals surface area contributed by atoms with Gasteiger partial charge in [0.25, 0.3) is 5.91 Å². The van der Waals surface area contributed by atoms with E-state index >= 15 is 0 Å². The number of nitrogens with zero attached hydrogens (tertiary/aromatic N) is 1. The van der Waals surface area contributed by atoms with E-state index in [4.69, 9.17) is 4.74 Å². The molecule has 0 saturated heterocycles. The number of amides is 2. The van der Waals surface area contributed by atoms with Crippen LogP contribution in [0.1, 0.15) is 54.1 Å². The molecule has 0 spiro atoms. The van der Waals surface area contributed by atoms with E-state index in [1.807, 2.05) is 32.0 Å². The summed E-state index contributed by atoms with van der Waals surface area (Å²) < 4.78 is 20.0. The summed E-state index contributed by atoms with van der Waals surface area (Å²) in [5.74, 6) is -0.821. The summed E-state index contributed by atoms with van der Waals surface area (Å²) in [4.78, 5) is 26.2. The minimum Gasteiger partial charge on any atom is -0.465 e. The molecular formula is C24H27FN2O4. The Morgan fingerprint density at radius 1 is 1.23 bits per heavy atom. The van der Waals surface area contributed by atoms with Crippen molar-refractivity contribution in [2.75, 3.05) is 19.0 Å². The first-order chi connectivity index (χ1) is 14.7. The number of rotatable bonds is 4. The molecule has 7 heteroatoms. The molecule has 31 heavy (non-hydrogen) atoms. The molecule has 2 aliphatic rings. The fourth-order valence-electron chi connectivity index (χ4n) is 4.90. The van der Waals surface area contributed by atoms with Gasteiger partial charge in [0.2, 0.25) is 0 Å². The number of fused-ring (bicyclic) bond motifs is 2. The van der Waals surface area contributed by atoms with E-state index in [-0.39, 0.29) is 17.8 Å². The van der Waals surface area contributed by atoms with Gasteiger partial charge < -0.3 is 15.2 Å². The number of anilines is 1. The third kappa shape index (κ3) is 3.90. The summed E-state index contributed by atoms with van der Waals surface area (Å²) in [6, 6.07) is 7.72. The molecular weight excluding hydrogens is 399 g/mol. The molecule has 2 aromatic carbocycles. The maximum Gasteiger partial charge on any atom is 0.408 e. The molecule has 0 bridgehead atoms. The molecule has 6 nitrogen and oxygen atoms in total. The quantitative estimate of drug-likeness (QED) is 0.759. The predicted molar refractivity (Wildman–Crippen MR) is 115 cm³/mol. The van der Waals surface area contributed by atoms with Crippen molar-refractivity contribution in [3.8, 4) is 0 Å². The van der Waals surface area contributed by atoms with Gasteiger partial charge in [-0.05, 0) is 64.6 Å². The summed E-state index contributed by atoms with van der Waals surface area (Å²) >= 11 is 0. The van der Waals surface area contributed by atoms with Gasteiger partial charge in [-0.1, -0.05) is 32.0 Å². The number of carbonyl (C=O) groups excluding carboxylic acids is 1. The van der Waals surface area contributed by atoms with Crippen LogP contribution in [0.3, 0.4) is 0 Å². The number of ether oxygens (including phenoxy) is 1. The van der Waals surface area contributed by atoms with Gasteiger partial charge in [0.05, 0.1) is 6.61 Å². The van der Waals surface area contributed by atoms with Crippen LogP contribution in [0, 0.1) is 5.82 Å². The van der Waals surface area contributed by atoms with Crippen molar-refractivity contribution >= 4 is 17.7 Å². The highest BCUT2D eigenvalue weighted by Crippen LogP contribution is 2.41. The number of hydrogen-bond donors (Lipinski definition) is 2. The highest BCUT2D eigenvalue weighted by atomic mass is 19.1. The zero-order chi connectivity index (χ0) is 22.3. The van der Waals surface area contributed by atoms with Crippen molar-refractivity contribution in [1.82, 2.24) is 4.90 Å². The van der Waals surface area contributed by atoms with Crippen LogP contribution in [0.5, 0.6) is 0 Å². The van der Waals surface area contributed by atoms with Gasteiger partial charge in [-0.25, -0.2) is 9.18 Å². The number of halogens is 1. The van der Waals surface area contributed by atoms with Crippen molar-refractivity contribution in [2.45, 2.75) is 51.2 Å². The Hall–Kier alpha value is -2.93. The number of benzene rings is 2. The molecule has 1 aliphatic heterocycles. The highest BCUT2D eigenvalue weighted by molar-refractivity contribution is 5.97. The van der Waals surface area contributed by atoms with Crippen molar-refractivity contribution in [1.29, 1.82) is 0 Å². The lowest BCUT2D eigenvalue weighted by molar-refractivity contribution is -0.121. The first kappa shape index (κ1) is 21.3.